The van der Waals surface area contributed by atoms with E-state index in [1.54, 1.807) is 4.90 Å². The Morgan fingerprint density at radius 2 is 2.06 bits per heavy atom. The van der Waals surface area contributed by atoms with Crippen molar-refractivity contribution in [2.45, 2.75) is 50.0 Å². The topological polar surface area (TPSA) is 94.4 Å². The number of carbonyl (C=O) groups excluding carboxylic acids is 1. The first kappa shape index (κ1) is 23.5. The number of sulfone groups is 1. The standard InChI is InChI=1S/C21H27ClN4O4S2/c1-2-25(17-9-11-32(28,29)14-17)19(27)13-31-21-24-23-20(15-5-7-16(22)8-6-15)26(21)12-18-4-3-10-30-18/h5-8,17-18H,2-4,9-14H2,1H3/t17-,18-/m1/s1. The van der Waals surface area contributed by atoms with E-state index in [-0.39, 0.29) is 35.3 Å². The van der Waals surface area contributed by atoms with E-state index in [1.807, 2.05) is 35.8 Å². The largest absolute Gasteiger partial charge is 0.376 e. The molecule has 174 valence electrons. The van der Waals surface area contributed by atoms with Gasteiger partial charge in [0.15, 0.2) is 20.8 Å². The quantitative estimate of drug-likeness (QED) is 0.516. The lowest BCUT2D eigenvalue weighted by Crippen LogP contribution is -2.42. The van der Waals surface area contributed by atoms with Crippen molar-refractivity contribution in [1.82, 2.24) is 19.7 Å². The molecule has 2 aliphatic heterocycles. The maximum absolute atomic E-state index is 12.9. The first-order chi connectivity index (χ1) is 15.4. The molecule has 2 aliphatic rings. The Morgan fingerprint density at radius 3 is 2.69 bits per heavy atom. The Hall–Kier alpha value is -1.62. The first-order valence-corrected chi connectivity index (χ1v) is 14.0. The van der Waals surface area contributed by atoms with Crippen LogP contribution in [0.2, 0.25) is 5.02 Å². The number of ether oxygens (including phenoxy) is 1. The molecule has 11 heteroatoms. The molecule has 0 bridgehead atoms. The number of hydrogen-bond acceptors (Lipinski definition) is 7. The fraction of sp³-hybridized carbons (Fsp3) is 0.571. The molecular weight excluding hydrogens is 472 g/mol. The average molecular weight is 499 g/mol. The molecule has 1 aromatic carbocycles. The maximum Gasteiger partial charge on any atom is 0.233 e. The molecule has 2 atom stereocenters. The van der Waals surface area contributed by atoms with Crippen molar-refractivity contribution in [3.8, 4) is 11.4 Å². The van der Waals surface area contributed by atoms with Gasteiger partial charge in [0.2, 0.25) is 5.91 Å². The van der Waals surface area contributed by atoms with Gasteiger partial charge >= 0.3 is 0 Å². The second-order valence-electron chi connectivity index (χ2n) is 8.08. The molecule has 8 nitrogen and oxygen atoms in total. The SMILES string of the molecule is CCN(C(=O)CSc1nnc(-c2ccc(Cl)cc2)n1C[C@H]1CCCO1)[C@@H]1CCS(=O)(=O)C1. The second-order valence-corrected chi connectivity index (χ2v) is 11.7. The fourth-order valence-corrected chi connectivity index (χ4v) is 6.92. The van der Waals surface area contributed by atoms with Crippen LogP contribution in [-0.2, 0) is 25.9 Å². The van der Waals surface area contributed by atoms with Crippen molar-refractivity contribution in [2.24, 2.45) is 0 Å². The number of amides is 1. The summed E-state index contributed by atoms with van der Waals surface area (Å²) in [6.07, 6.45) is 2.59. The third-order valence-electron chi connectivity index (χ3n) is 5.86. The Morgan fingerprint density at radius 1 is 1.28 bits per heavy atom. The molecular formula is C21H27ClN4O4S2. The summed E-state index contributed by atoms with van der Waals surface area (Å²) in [5.74, 6) is 0.997. The van der Waals surface area contributed by atoms with E-state index >= 15 is 0 Å². The van der Waals surface area contributed by atoms with Crippen molar-refractivity contribution >= 4 is 39.1 Å². The highest BCUT2D eigenvalue weighted by molar-refractivity contribution is 7.99. The van der Waals surface area contributed by atoms with Crippen LogP contribution >= 0.6 is 23.4 Å². The summed E-state index contributed by atoms with van der Waals surface area (Å²) in [6, 6.07) is 7.18. The molecule has 2 saturated heterocycles. The molecule has 0 spiro atoms. The van der Waals surface area contributed by atoms with Crippen LogP contribution in [0.1, 0.15) is 26.2 Å². The van der Waals surface area contributed by atoms with Crippen LogP contribution in [0.5, 0.6) is 0 Å². The van der Waals surface area contributed by atoms with E-state index in [9.17, 15) is 13.2 Å². The zero-order valence-electron chi connectivity index (χ0n) is 17.9. The van der Waals surface area contributed by atoms with Gasteiger partial charge in [0, 0.05) is 29.8 Å². The van der Waals surface area contributed by atoms with E-state index in [2.05, 4.69) is 10.2 Å². The summed E-state index contributed by atoms with van der Waals surface area (Å²) in [5.41, 5.74) is 0.893. The highest BCUT2D eigenvalue weighted by Gasteiger charge is 2.34. The van der Waals surface area contributed by atoms with E-state index < -0.39 is 9.84 Å². The molecule has 1 aromatic heterocycles. The number of benzene rings is 1. The van der Waals surface area contributed by atoms with Crippen molar-refractivity contribution in [2.75, 3.05) is 30.4 Å². The predicted molar refractivity (Wildman–Crippen MR) is 125 cm³/mol. The van der Waals surface area contributed by atoms with Gasteiger partial charge in [-0.05, 0) is 50.5 Å². The first-order valence-electron chi connectivity index (χ1n) is 10.8. The Bertz CT molecular complexity index is 1050. The number of rotatable bonds is 8. The van der Waals surface area contributed by atoms with Gasteiger partial charge in [0.05, 0.1) is 29.9 Å². The minimum absolute atomic E-state index is 0.0488. The van der Waals surface area contributed by atoms with E-state index in [1.165, 1.54) is 11.8 Å². The Kier molecular flexibility index (Phi) is 7.44. The van der Waals surface area contributed by atoms with Gasteiger partial charge in [-0.25, -0.2) is 8.42 Å². The number of thioether (sulfide) groups is 1. The Balaban J connectivity index is 1.51. The zero-order chi connectivity index (χ0) is 22.7. The van der Waals surface area contributed by atoms with Crippen LogP contribution in [0.25, 0.3) is 11.4 Å². The number of hydrogen-bond donors (Lipinski definition) is 0. The van der Waals surface area contributed by atoms with Gasteiger partial charge in [-0.1, -0.05) is 23.4 Å². The van der Waals surface area contributed by atoms with Crippen LogP contribution in [-0.4, -0.2) is 76.5 Å². The van der Waals surface area contributed by atoms with E-state index in [0.717, 1.165) is 25.0 Å². The van der Waals surface area contributed by atoms with Crippen LogP contribution < -0.4 is 0 Å². The third-order valence-corrected chi connectivity index (χ3v) is 8.82. The van der Waals surface area contributed by atoms with E-state index in [4.69, 9.17) is 16.3 Å². The molecule has 3 heterocycles. The summed E-state index contributed by atoms with van der Waals surface area (Å²) in [6.45, 7) is 3.73. The van der Waals surface area contributed by atoms with Crippen LogP contribution in [0.3, 0.4) is 0 Å². The minimum Gasteiger partial charge on any atom is -0.376 e. The van der Waals surface area contributed by atoms with Crippen LogP contribution in [0, 0.1) is 0 Å². The predicted octanol–water partition coefficient (Wildman–Crippen LogP) is 2.91. The molecule has 4 rings (SSSR count). The molecule has 0 saturated carbocycles. The zero-order valence-corrected chi connectivity index (χ0v) is 20.3. The lowest BCUT2D eigenvalue weighted by atomic mass is 10.2. The van der Waals surface area contributed by atoms with Crippen molar-refractivity contribution in [3.63, 3.8) is 0 Å². The molecule has 2 aromatic rings. The summed E-state index contributed by atoms with van der Waals surface area (Å²) >= 11 is 7.36. The van der Waals surface area contributed by atoms with Crippen molar-refractivity contribution in [1.29, 1.82) is 0 Å². The monoisotopic (exact) mass is 498 g/mol. The van der Waals surface area contributed by atoms with Crippen LogP contribution in [0.4, 0.5) is 0 Å². The smallest absolute Gasteiger partial charge is 0.233 e. The number of halogens is 1. The summed E-state index contributed by atoms with van der Waals surface area (Å²) < 4.78 is 31.5. The molecule has 0 unspecified atom stereocenters. The maximum atomic E-state index is 12.9. The van der Waals surface area contributed by atoms with Gasteiger partial charge in [0.1, 0.15) is 0 Å². The fourth-order valence-electron chi connectivity index (χ4n) is 4.23. The van der Waals surface area contributed by atoms with Crippen molar-refractivity contribution < 1.29 is 17.9 Å². The molecule has 1 amide bonds. The van der Waals surface area contributed by atoms with Gasteiger partial charge in [-0.3, -0.25) is 9.36 Å². The highest BCUT2D eigenvalue weighted by Crippen LogP contribution is 2.28. The van der Waals surface area contributed by atoms with E-state index in [0.29, 0.717) is 35.5 Å². The normalized spacial score (nSPS) is 22.3. The lowest BCUT2D eigenvalue weighted by molar-refractivity contribution is -0.129. The van der Waals surface area contributed by atoms with Gasteiger partial charge < -0.3 is 9.64 Å². The number of carbonyl (C=O) groups is 1. The number of aromatic nitrogens is 3. The van der Waals surface area contributed by atoms with Gasteiger partial charge in [-0.2, -0.15) is 0 Å². The molecule has 0 radical (unpaired) electrons. The molecule has 32 heavy (non-hydrogen) atoms. The average Bonchev–Trinajstić information content (AvgIpc) is 3.49. The third kappa shape index (κ3) is 5.47. The van der Waals surface area contributed by atoms with Gasteiger partial charge in [-0.15, -0.1) is 10.2 Å². The summed E-state index contributed by atoms with van der Waals surface area (Å²) in [5, 5.41) is 10.0. The molecule has 2 fully saturated rings. The molecule has 0 aliphatic carbocycles. The number of nitrogens with zero attached hydrogens (tertiary/aromatic N) is 4. The van der Waals surface area contributed by atoms with Crippen LogP contribution in [0.15, 0.2) is 29.4 Å². The summed E-state index contributed by atoms with van der Waals surface area (Å²) in [7, 11) is -3.05. The minimum atomic E-state index is -3.05. The second kappa shape index (κ2) is 10.1. The highest BCUT2D eigenvalue weighted by atomic mass is 35.5. The van der Waals surface area contributed by atoms with Crippen molar-refractivity contribution in [3.05, 3.63) is 29.3 Å². The Labute approximate surface area is 197 Å². The molecule has 0 N–H and O–H groups in total. The summed E-state index contributed by atoms with van der Waals surface area (Å²) in [4.78, 5) is 14.6. The van der Waals surface area contributed by atoms with Gasteiger partial charge in [0.25, 0.3) is 0 Å². The lowest BCUT2D eigenvalue weighted by Gasteiger charge is -2.26.